The molecule has 0 aliphatic carbocycles. The molecule has 0 aliphatic rings. The number of rotatable bonds is 7. The van der Waals surface area contributed by atoms with Gasteiger partial charge in [-0.1, -0.05) is 48.1 Å². The first-order chi connectivity index (χ1) is 15.2. The zero-order chi connectivity index (χ0) is 23.1. The van der Waals surface area contributed by atoms with E-state index in [0.717, 1.165) is 16.1 Å². The van der Waals surface area contributed by atoms with Gasteiger partial charge in [0.25, 0.3) is 10.0 Å². The Morgan fingerprint density at radius 1 is 1.09 bits per heavy atom. The summed E-state index contributed by atoms with van der Waals surface area (Å²) >= 11 is 6.33. The van der Waals surface area contributed by atoms with Crippen LogP contribution in [0, 0.1) is 6.92 Å². The molecule has 3 aromatic rings. The van der Waals surface area contributed by atoms with Gasteiger partial charge in [0.1, 0.15) is 5.01 Å². The lowest BCUT2D eigenvalue weighted by molar-refractivity contribution is -0.115. The largest absolute Gasteiger partial charge is 0.332 e. The molecule has 0 atom stereocenters. The van der Waals surface area contributed by atoms with Crippen LogP contribution in [0.3, 0.4) is 0 Å². The van der Waals surface area contributed by atoms with Gasteiger partial charge in [-0.25, -0.2) is 8.42 Å². The number of nitrogens with one attached hydrogen (secondary N) is 3. The number of carbonyl (C=O) groups is 1. The molecule has 32 heavy (non-hydrogen) atoms. The topological polar surface area (TPSA) is 113 Å². The summed E-state index contributed by atoms with van der Waals surface area (Å²) in [6.45, 7) is 3.90. The van der Waals surface area contributed by atoms with Crippen molar-refractivity contribution in [1.82, 2.24) is 15.5 Å². The van der Waals surface area contributed by atoms with Crippen LogP contribution in [0.2, 0.25) is 0 Å². The number of anilines is 2. The summed E-state index contributed by atoms with van der Waals surface area (Å²) < 4.78 is 27.4. The molecule has 1 amide bonds. The Morgan fingerprint density at radius 2 is 1.78 bits per heavy atom. The molecule has 0 spiro atoms. The Morgan fingerprint density at radius 3 is 2.41 bits per heavy atom. The van der Waals surface area contributed by atoms with E-state index in [9.17, 15) is 13.2 Å². The SMILES string of the molecule is CCc1nnc(NS(=O)(=O)c2ccc(NC(=S)NC(=O)/C=C/c3ccc(C)cc3)cc2)s1. The summed E-state index contributed by atoms with van der Waals surface area (Å²) in [6, 6.07) is 13.7. The van der Waals surface area contributed by atoms with Gasteiger partial charge in [0.15, 0.2) is 5.11 Å². The normalized spacial score (nSPS) is 11.3. The maximum absolute atomic E-state index is 12.5. The second-order valence-electron chi connectivity index (χ2n) is 6.67. The number of aromatic nitrogens is 2. The summed E-state index contributed by atoms with van der Waals surface area (Å²) in [4.78, 5) is 12.1. The molecule has 0 saturated carbocycles. The van der Waals surface area contributed by atoms with Gasteiger partial charge in [0.2, 0.25) is 11.0 Å². The van der Waals surface area contributed by atoms with Crippen LogP contribution < -0.4 is 15.4 Å². The van der Waals surface area contributed by atoms with Gasteiger partial charge in [0.05, 0.1) is 4.90 Å². The molecule has 0 saturated heterocycles. The predicted octanol–water partition coefficient (Wildman–Crippen LogP) is 3.74. The van der Waals surface area contributed by atoms with E-state index in [-0.39, 0.29) is 21.0 Å². The van der Waals surface area contributed by atoms with Crippen molar-refractivity contribution in [3.63, 3.8) is 0 Å². The van der Waals surface area contributed by atoms with Crippen LogP contribution in [-0.4, -0.2) is 29.6 Å². The van der Waals surface area contributed by atoms with Gasteiger partial charge in [-0.15, -0.1) is 10.2 Å². The summed E-state index contributed by atoms with van der Waals surface area (Å²) in [5.41, 5.74) is 2.56. The maximum atomic E-state index is 12.5. The highest BCUT2D eigenvalue weighted by Gasteiger charge is 2.16. The molecule has 1 aromatic heterocycles. The van der Waals surface area contributed by atoms with Gasteiger partial charge in [0, 0.05) is 11.8 Å². The van der Waals surface area contributed by atoms with Crippen molar-refractivity contribution in [2.75, 3.05) is 10.0 Å². The van der Waals surface area contributed by atoms with Crippen molar-refractivity contribution in [3.05, 3.63) is 70.7 Å². The van der Waals surface area contributed by atoms with Crippen molar-refractivity contribution in [3.8, 4) is 0 Å². The molecular formula is C21H21N5O3S3. The number of hydrogen-bond donors (Lipinski definition) is 3. The van der Waals surface area contributed by atoms with E-state index in [0.29, 0.717) is 12.1 Å². The standard InChI is InChI=1S/C21H21N5O3S3/c1-3-19-24-25-21(31-19)26-32(28,29)17-11-9-16(10-12-17)22-20(30)23-18(27)13-8-15-6-4-14(2)5-7-15/h4-13H,3H2,1-2H3,(H,25,26)(H2,22,23,27,30)/b13-8+. The lowest BCUT2D eigenvalue weighted by Gasteiger charge is -2.09. The van der Waals surface area contributed by atoms with Gasteiger partial charge >= 0.3 is 0 Å². The van der Waals surface area contributed by atoms with Crippen LogP contribution in [-0.2, 0) is 21.2 Å². The van der Waals surface area contributed by atoms with E-state index < -0.39 is 10.0 Å². The molecule has 3 rings (SSSR count). The molecular weight excluding hydrogens is 466 g/mol. The van der Waals surface area contributed by atoms with E-state index in [4.69, 9.17) is 12.2 Å². The van der Waals surface area contributed by atoms with Crippen LogP contribution >= 0.6 is 23.6 Å². The summed E-state index contributed by atoms with van der Waals surface area (Å²) in [5.74, 6) is -0.380. The molecule has 1 heterocycles. The Kier molecular flexibility index (Phi) is 7.67. The van der Waals surface area contributed by atoms with E-state index in [1.165, 1.54) is 29.5 Å². The first kappa shape index (κ1) is 23.5. The average molecular weight is 488 g/mol. The first-order valence-electron chi connectivity index (χ1n) is 9.57. The summed E-state index contributed by atoms with van der Waals surface area (Å²) in [7, 11) is -3.79. The molecule has 0 radical (unpaired) electrons. The second-order valence-corrected chi connectivity index (χ2v) is 9.82. The molecule has 0 fully saturated rings. The number of aryl methyl sites for hydroxylation is 2. The van der Waals surface area contributed by atoms with Crippen LogP contribution in [0.5, 0.6) is 0 Å². The number of hydrogen-bond acceptors (Lipinski definition) is 7. The molecule has 11 heteroatoms. The number of benzene rings is 2. The highest BCUT2D eigenvalue weighted by atomic mass is 32.2. The third-order valence-electron chi connectivity index (χ3n) is 4.15. The predicted molar refractivity (Wildman–Crippen MR) is 131 cm³/mol. The molecule has 0 aliphatic heterocycles. The Balaban J connectivity index is 1.55. The smallest absolute Gasteiger partial charge is 0.263 e. The lowest BCUT2D eigenvalue weighted by atomic mass is 10.1. The molecule has 166 valence electrons. The Hall–Kier alpha value is -3.15. The first-order valence-corrected chi connectivity index (χ1v) is 12.3. The number of amides is 1. The second kappa shape index (κ2) is 10.4. The minimum atomic E-state index is -3.79. The van der Waals surface area contributed by atoms with E-state index in [2.05, 4.69) is 25.6 Å². The van der Waals surface area contributed by atoms with Gasteiger partial charge in [-0.3, -0.25) is 14.8 Å². The third kappa shape index (κ3) is 6.67. The van der Waals surface area contributed by atoms with Crippen molar-refractivity contribution < 1.29 is 13.2 Å². The van der Waals surface area contributed by atoms with Crippen LogP contribution in [0.15, 0.2) is 59.5 Å². The average Bonchev–Trinajstić information content (AvgIpc) is 3.20. The number of carbonyl (C=O) groups excluding carboxylic acids is 1. The highest BCUT2D eigenvalue weighted by Crippen LogP contribution is 2.21. The monoisotopic (exact) mass is 487 g/mol. The lowest BCUT2D eigenvalue weighted by Crippen LogP contribution is -2.32. The minimum absolute atomic E-state index is 0.0623. The molecule has 2 aromatic carbocycles. The number of sulfonamides is 1. The molecule has 8 nitrogen and oxygen atoms in total. The summed E-state index contributed by atoms with van der Waals surface area (Å²) in [6.07, 6.45) is 3.75. The fourth-order valence-electron chi connectivity index (χ4n) is 2.49. The maximum Gasteiger partial charge on any atom is 0.263 e. The quantitative estimate of drug-likeness (QED) is 0.344. The summed E-state index contributed by atoms with van der Waals surface area (Å²) in [5, 5.41) is 14.2. The van der Waals surface area contributed by atoms with Crippen molar-refractivity contribution >= 4 is 61.5 Å². The fraction of sp³-hybridized carbons (Fsp3) is 0.143. The van der Waals surface area contributed by atoms with Gasteiger partial charge in [-0.2, -0.15) is 0 Å². The van der Waals surface area contributed by atoms with E-state index in [1.54, 1.807) is 18.2 Å². The van der Waals surface area contributed by atoms with Crippen molar-refractivity contribution in [1.29, 1.82) is 0 Å². The van der Waals surface area contributed by atoms with Gasteiger partial charge in [-0.05, 0) is 61.5 Å². The zero-order valence-corrected chi connectivity index (χ0v) is 19.8. The Bertz CT molecular complexity index is 1230. The van der Waals surface area contributed by atoms with E-state index >= 15 is 0 Å². The van der Waals surface area contributed by atoms with Crippen LogP contribution in [0.4, 0.5) is 10.8 Å². The molecule has 0 bridgehead atoms. The van der Waals surface area contributed by atoms with Crippen LogP contribution in [0.1, 0.15) is 23.1 Å². The highest BCUT2D eigenvalue weighted by molar-refractivity contribution is 7.93. The third-order valence-corrected chi connectivity index (χ3v) is 6.83. The fourth-order valence-corrected chi connectivity index (χ4v) is 4.62. The van der Waals surface area contributed by atoms with Crippen molar-refractivity contribution in [2.24, 2.45) is 0 Å². The van der Waals surface area contributed by atoms with Gasteiger partial charge < -0.3 is 5.32 Å². The minimum Gasteiger partial charge on any atom is -0.332 e. The van der Waals surface area contributed by atoms with Crippen LogP contribution in [0.25, 0.3) is 6.08 Å². The number of thiocarbonyl (C=S) groups is 1. The molecule has 3 N–H and O–H groups in total. The molecule has 0 unspecified atom stereocenters. The number of nitrogens with zero attached hydrogens (tertiary/aromatic N) is 2. The Labute approximate surface area is 195 Å². The van der Waals surface area contributed by atoms with E-state index in [1.807, 2.05) is 38.1 Å². The van der Waals surface area contributed by atoms with Crippen molar-refractivity contribution in [2.45, 2.75) is 25.2 Å². The zero-order valence-electron chi connectivity index (χ0n) is 17.3.